The number of hydrogen-bond donors (Lipinski definition) is 0. The Kier molecular flexibility index (Phi) is 3.18. The maximum Gasteiger partial charge on any atom is 0.423 e. The average Bonchev–Trinajstić information content (AvgIpc) is 2.54. The summed E-state index contributed by atoms with van der Waals surface area (Å²) >= 11 is 0. The molecule has 0 bridgehead atoms. The summed E-state index contributed by atoms with van der Waals surface area (Å²) in [6, 6.07) is 0. The number of carbonyl (C=O) groups is 1. The number of alkyl halides is 3. The number of halogens is 3. The van der Waals surface area contributed by atoms with Gasteiger partial charge in [0.05, 0.1) is 7.11 Å². The molecule has 0 aromatic rings. The predicted octanol–water partition coefficient (Wildman–Crippen LogP) is 2.59. The first-order valence-corrected chi connectivity index (χ1v) is 4.34. The van der Waals surface area contributed by atoms with Crippen LogP contribution in [-0.2, 0) is 9.53 Å². The average molecular weight is 208 g/mol. The van der Waals surface area contributed by atoms with Crippen molar-refractivity contribution >= 4 is 5.97 Å². The third-order valence-electron chi connectivity index (χ3n) is 2.23. The minimum atomic E-state index is -4.59. The van der Waals surface area contributed by atoms with Crippen LogP contribution >= 0.6 is 0 Å². The van der Waals surface area contributed by atoms with Crippen molar-refractivity contribution in [1.29, 1.82) is 0 Å². The van der Waals surface area contributed by atoms with Gasteiger partial charge in [0, 0.05) is 0 Å². The molecule has 5 heteroatoms. The normalized spacial score (nSPS) is 17.0. The van der Waals surface area contributed by atoms with Crippen molar-refractivity contribution in [2.24, 2.45) is 0 Å². The fraction of sp³-hybridized carbons (Fsp3) is 0.667. The molecule has 1 aliphatic rings. The van der Waals surface area contributed by atoms with Gasteiger partial charge < -0.3 is 4.74 Å². The van der Waals surface area contributed by atoms with Crippen LogP contribution in [0.25, 0.3) is 0 Å². The van der Waals surface area contributed by atoms with E-state index in [1.807, 2.05) is 0 Å². The first kappa shape index (κ1) is 11.1. The monoisotopic (exact) mass is 208 g/mol. The van der Waals surface area contributed by atoms with Crippen LogP contribution < -0.4 is 0 Å². The van der Waals surface area contributed by atoms with Gasteiger partial charge in [0.15, 0.2) is 0 Å². The quantitative estimate of drug-likeness (QED) is 0.489. The minimum Gasteiger partial charge on any atom is -0.465 e. The summed E-state index contributed by atoms with van der Waals surface area (Å²) in [6.45, 7) is 0. The Balaban J connectivity index is 3.04. The topological polar surface area (TPSA) is 26.3 Å². The summed E-state index contributed by atoms with van der Waals surface area (Å²) in [5.41, 5.74) is -0.915. The molecule has 1 aliphatic carbocycles. The van der Waals surface area contributed by atoms with Crippen molar-refractivity contribution < 1.29 is 22.7 Å². The maximum absolute atomic E-state index is 12.5. The van der Waals surface area contributed by atoms with Gasteiger partial charge in [-0.1, -0.05) is 5.57 Å². The van der Waals surface area contributed by atoms with Gasteiger partial charge in [-0.2, -0.15) is 13.2 Å². The van der Waals surface area contributed by atoms with Crippen LogP contribution in [0.1, 0.15) is 25.7 Å². The second kappa shape index (κ2) is 4.02. The van der Waals surface area contributed by atoms with Gasteiger partial charge >= 0.3 is 12.1 Å². The van der Waals surface area contributed by atoms with Crippen LogP contribution in [0.4, 0.5) is 13.2 Å². The predicted molar refractivity (Wildman–Crippen MR) is 43.6 cm³/mol. The molecule has 0 N–H and O–H groups in total. The van der Waals surface area contributed by atoms with Gasteiger partial charge in [-0.25, -0.2) is 4.79 Å². The summed E-state index contributed by atoms with van der Waals surface area (Å²) in [4.78, 5) is 10.9. The molecule has 0 unspecified atom stereocenters. The molecule has 0 aromatic carbocycles. The van der Waals surface area contributed by atoms with Crippen molar-refractivity contribution in [1.82, 2.24) is 0 Å². The van der Waals surface area contributed by atoms with Gasteiger partial charge in [-0.3, -0.25) is 0 Å². The maximum atomic E-state index is 12.5. The van der Waals surface area contributed by atoms with E-state index >= 15 is 0 Å². The van der Waals surface area contributed by atoms with Crippen molar-refractivity contribution in [3.8, 4) is 0 Å². The molecule has 0 heterocycles. The number of ether oxygens (including phenoxy) is 1. The summed E-state index contributed by atoms with van der Waals surface area (Å²) in [7, 11) is 0.962. The Hall–Kier alpha value is -1.00. The number of carbonyl (C=O) groups excluding carboxylic acids is 1. The van der Waals surface area contributed by atoms with Gasteiger partial charge in [-0.15, -0.1) is 0 Å². The zero-order valence-electron chi connectivity index (χ0n) is 7.78. The lowest BCUT2D eigenvalue weighted by atomic mass is 10.1. The molecule has 1 rings (SSSR count). The third kappa shape index (κ3) is 2.27. The van der Waals surface area contributed by atoms with Gasteiger partial charge in [-0.05, 0) is 25.7 Å². The molecule has 2 nitrogen and oxygen atoms in total. The van der Waals surface area contributed by atoms with Crippen LogP contribution in [0.2, 0.25) is 0 Å². The molecular formula is C9H11F3O2. The van der Waals surface area contributed by atoms with Crippen LogP contribution in [-0.4, -0.2) is 19.3 Å². The van der Waals surface area contributed by atoms with Crippen LogP contribution in [0.15, 0.2) is 11.1 Å². The zero-order valence-corrected chi connectivity index (χ0v) is 7.78. The molecule has 0 aliphatic heterocycles. The fourth-order valence-electron chi connectivity index (χ4n) is 1.61. The highest BCUT2D eigenvalue weighted by molar-refractivity contribution is 5.90. The second-order valence-corrected chi connectivity index (χ2v) is 3.18. The van der Waals surface area contributed by atoms with E-state index in [9.17, 15) is 18.0 Å². The van der Waals surface area contributed by atoms with Crippen molar-refractivity contribution in [2.75, 3.05) is 7.11 Å². The van der Waals surface area contributed by atoms with E-state index in [1.54, 1.807) is 0 Å². The van der Waals surface area contributed by atoms with Gasteiger partial charge in [0.2, 0.25) is 0 Å². The van der Waals surface area contributed by atoms with Crippen LogP contribution in [0.5, 0.6) is 0 Å². The fourth-order valence-corrected chi connectivity index (χ4v) is 1.61. The Bertz CT molecular complexity index is 258. The molecular weight excluding hydrogens is 197 g/mol. The third-order valence-corrected chi connectivity index (χ3v) is 2.23. The number of hydrogen-bond acceptors (Lipinski definition) is 2. The molecule has 0 radical (unpaired) electrons. The molecule has 14 heavy (non-hydrogen) atoms. The molecule has 0 atom stereocenters. The van der Waals surface area contributed by atoms with Crippen molar-refractivity contribution in [3.63, 3.8) is 0 Å². The first-order chi connectivity index (χ1) is 6.46. The Morgan fingerprint density at radius 2 is 1.79 bits per heavy atom. The Labute approximate surface area is 79.7 Å². The van der Waals surface area contributed by atoms with Crippen molar-refractivity contribution in [2.45, 2.75) is 31.9 Å². The highest BCUT2D eigenvalue weighted by Crippen LogP contribution is 2.36. The molecule has 1 fully saturated rings. The summed E-state index contributed by atoms with van der Waals surface area (Å²) < 4.78 is 41.5. The summed E-state index contributed by atoms with van der Waals surface area (Å²) in [6.07, 6.45) is -2.46. The number of esters is 1. The highest BCUT2D eigenvalue weighted by Gasteiger charge is 2.42. The Morgan fingerprint density at radius 3 is 2.14 bits per heavy atom. The largest absolute Gasteiger partial charge is 0.465 e. The van der Waals surface area contributed by atoms with Gasteiger partial charge in [0.1, 0.15) is 5.57 Å². The first-order valence-electron chi connectivity index (χ1n) is 4.34. The summed E-state index contributed by atoms with van der Waals surface area (Å²) in [5, 5.41) is 0. The molecule has 0 saturated heterocycles. The molecule has 0 spiro atoms. The minimum absolute atomic E-state index is 0.185. The Morgan fingerprint density at radius 1 is 1.29 bits per heavy atom. The lowest BCUT2D eigenvalue weighted by Crippen LogP contribution is -2.23. The van der Waals surface area contributed by atoms with E-state index in [0.29, 0.717) is 25.7 Å². The number of rotatable bonds is 1. The number of methoxy groups -OCH3 is 1. The lowest BCUT2D eigenvalue weighted by molar-refractivity contribution is -0.148. The zero-order chi connectivity index (χ0) is 10.8. The SMILES string of the molecule is COC(=O)C(=C1CCCC1)C(F)(F)F. The molecule has 1 saturated carbocycles. The standard InChI is InChI=1S/C9H11F3O2/c1-14-8(13)7(9(10,11)12)6-4-2-3-5-6/h2-5H2,1H3. The molecule has 0 aromatic heterocycles. The lowest BCUT2D eigenvalue weighted by Gasteiger charge is -2.12. The smallest absolute Gasteiger partial charge is 0.423 e. The highest BCUT2D eigenvalue weighted by atomic mass is 19.4. The van der Waals surface area contributed by atoms with E-state index in [1.165, 1.54) is 0 Å². The van der Waals surface area contributed by atoms with Crippen LogP contribution in [0, 0.1) is 0 Å². The van der Waals surface area contributed by atoms with E-state index in [2.05, 4.69) is 4.74 Å². The van der Waals surface area contributed by atoms with E-state index in [-0.39, 0.29) is 5.57 Å². The van der Waals surface area contributed by atoms with E-state index in [0.717, 1.165) is 7.11 Å². The van der Waals surface area contributed by atoms with Gasteiger partial charge in [0.25, 0.3) is 0 Å². The van der Waals surface area contributed by atoms with E-state index < -0.39 is 17.7 Å². The molecule has 0 amide bonds. The van der Waals surface area contributed by atoms with E-state index in [4.69, 9.17) is 0 Å². The van der Waals surface area contributed by atoms with Crippen LogP contribution in [0.3, 0.4) is 0 Å². The summed E-state index contributed by atoms with van der Waals surface area (Å²) in [5.74, 6) is -1.27. The van der Waals surface area contributed by atoms with Crippen molar-refractivity contribution in [3.05, 3.63) is 11.1 Å². The number of allylic oxidation sites excluding steroid dienone is 1. The second-order valence-electron chi connectivity index (χ2n) is 3.18. The molecule has 80 valence electrons.